The molecule has 4 rings (SSSR count). The van der Waals surface area contributed by atoms with Crippen molar-refractivity contribution in [2.45, 2.75) is 45.4 Å². The molecule has 2 aromatic heterocycles. The maximum absolute atomic E-state index is 6.07. The van der Waals surface area contributed by atoms with E-state index in [-0.39, 0.29) is 6.10 Å². The van der Waals surface area contributed by atoms with Crippen LogP contribution in [0.5, 0.6) is 0 Å². The number of ether oxygens (including phenoxy) is 1. The molecule has 0 saturated carbocycles. The number of piperazine rings is 1. The third-order valence-electron chi connectivity index (χ3n) is 5.52. The van der Waals surface area contributed by atoms with E-state index in [2.05, 4.69) is 39.9 Å². The van der Waals surface area contributed by atoms with Gasteiger partial charge in [0.15, 0.2) is 0 Å². The Balaban J connectivity index is 1.26. The van der Waals surface area contributed by atoms with E-state index in [1.165, 1.54) is 24.1 Å². The second-order valence-corrected chi connectivity index (χ2v) is 7.48. The summed E-state index contributed by atoms with van der Waals surface area (Å²) in [6.07, 6.45) is 5.54. The lowest BCUT2D eigenvalue weighted by Crippen LogP contribution is -2.45. The molecular formula is C21H29N3O2. The van der Waals surface area contributed by atoms with Gasteiger partial charge in [-0.25, -0.2) is 0 Å². The number of rotatable bonds is 5. The minimum absolute atomic E-state index is 0.163. The third-order valence-corrected chi connectivity index (χ3v) is 5.52. The highest BCUT2D eigenvalue weighted by atomic mass is 16.5. The second-order valence-electron chi connectivity index (χ2n) is 7.48. The van der Waals surface area contributed by atoms with Gasteiger partial charge in [-0.05, 0) is 49.9 Å². The monoisotopic (exact) mass is 355 g/mol. The fourth-order valence-corrected chi connectivity index (χ4v) is 3.84. The highest BCUT2D eigenvalue weighted by Crippen LogP contribution is 2.29. The first kappa shape index (κ1) is 17.7. The molecule has 2 aliphatic heterocycles. The Morgan fingerprint density at radius 2 is 1.85 bits per heavy atom. The molecule has 0 N–H and O–H groups in total. The topological polar surface area (TPSA) is 41.7 Å². The molecule has 0 spiro atoms. The van der Waals surface area contributed by atoms with Gasteiger partial charge in [-0.2, -0.15) is 0 Å². The zero-order valence-electron chi connectivity index (χ0n) is 15.7. The maximum atomic E-state index is 6.07. The number of aromatic nitrogens is 1. The summed E-state index contributed by atoms with van der Waals surface area (Å²) in [6, 6.07) is 8.37. The van der Waals surface area contributed by atoms with Crippen molar-refractivity contribution in [3.05, 3.63) is 53.2 Å². The first-order valence-electron chi connectivity index (χ1n) is 9.83. The van der Waals surface area contributed by atoms with E-state index >= 15 is 0 Å². The zero-order valence-corrected chi connectivity index (χ0v) is 15.7. The summed E-state index contributed by atoms with van der Waals surface area (Å²) < 4.78 is 11.9. The Morgan fingerprint density at radius 1 is 1.04 bits per heavy atom. The maximum Gasteiger partial charge on any atom is 0.133 e. The molecule has 4 heterocycles. The van der Waals surface area contributed by atoms with E-state index in [1.807, 2.05) is 12.3 Å². The number of pyridine rings is 1. The Kier molecular flexibility index (Phi) is 5.68. The van der Waals surface area contributed by atoms with Gasteiger partial charge in [0.1, 0.15) is 17.6 Å². The average molecular weight is 355 g/mol. The fraction of sp³-hybridized carbons (Fsp3) is 0.571. The van der Waals surface area contributed by atoms with Gasteiger partial charge in [0.05, 0.1) is 12.2 Å². The number of aryl methyl sites for hydroxylation is 1. The summed E-state index contributed by atoms with van der Waals surface area (Å²) in [5.41, 5.74) is 2.48. The average Bonchev–Trinajstić information content (AvgIpc) is 3.14. The zero-order chi connectivity index (χ0) is 17.8. The van der Waals surface area contributed by atoms with Crippen molar-refractivity contribution in [2.75, 3.05) is 32.8 Å². The van der Waals surface area contributed by atoms with E-state index in [1.54, 1.807) is 0 Å². The molecule has 2 aromatic rings. The predicted octanol–water partition coefficient (Wildman–Crippen LogP) is 3.54. The van der Waals surface area contributed by atoms with Crippen LogP contribution in [-0.4, -0.2) is 47.6 Å². The van der Waals surface area contributed by atoms with Gasteiger partial charge in [0.2, 0.25) is 0 Å². The molecule has 1 atom stereocenters. The van der Waals surface area contributed by atoms with Crippen molar-refractivity contribution in [1.82, 2.24) is 14.8 Å². The van der Waals surface area contributed by atoms with Gasteiger partial charge < -0.3 is 9.15 Å². The van der Waals surface area contributed by atoms with E-state index in [9.17, 15) is 0 Å². The molecule has 5 heteroatoms. The fourth-order valence-electron chi connectivity index (χ4n) is 3.84. The van der Waals surface area contributed by atoms with Crippen LogP contribution >= 0.6 is 0 Å². The summed E-state index contributed by atoms with van der Waals surface area (Å²) in [5, 5.41) is 0. The van der Waals surface area contributed by atoms with Crippen LogP contribution < -0.4 is 0 Å². The van der Waals surface area contributed by atoms with Gasteiger partial charge in [-0.3, -0.25) is 14.8 Å². The molecule has 0 aliphatic carbocycles. The number of nitrogens with zero attached hydrogens (tertiary/aromatic N) is 3. The number of hydrogen-bond donors (Lipinski definition) is 0. The smallest absolute Gasteiger partial charge is 0.133 e. The van der Waals surface area contributed by atoms with Gasteiger partial charge in [0, 0.05) is 45.5 Å². The first-order chi connectivity index (χ1) is 12.8. The lowest BCUT2D eigenvalue weighted by Gasteiger charge is -2.34. The summed E-state index contributed by atoms with van der Waals surface area (Å²) >= 11 is 0. The molecule has 140 valence electrons. The van der Waals surface area contributed by atoms with Crippen molar-refractivity contribution >= 4 is 0 Å². The summed E-state index contributed by atoms with van der Waals surface area (Å²) in [4.78, 5) is 9.50. The molecule has 0 amide bonds. The highest BCUT2D eigenvalue weighted by Gasteiger charge is 2.22. The molecule has 5 nitrogen and oxygen atoms in total. The molecule has 0 bridgehead atoms. The van der Waals surface area contributed by atoms with E-state index < -0.39 is 0 Å². The standard InChI is InChI=1S/C21H29N3O2/c1-17-5-4-9-22-19(17)16-24-12-10-23(11-13-24)15-18-7-8-21(26-18)20-6-2-3-14-25-20/h4-5,7-9,20H,2-3,6,10-16H2,1H3/t20-/m0/s1. The van der Waals surface area contributed by atoms with E-state index in [0.29, 0.717) is 0 Å². The Morgan fingerprint density at radius 3 is 2.58 bits per heavy atom. The van der Waals surface area contributed by atoms with E-state index in [0.717, 1.165) is 63.8 Å². The van der Waals surface area contributed by atoms with E-state index in [4.69, 9.17) is 9.15 Å². The molecule has 2 saturated heterocycles. The molecule has 2 aliphatic rings. The number of hydrogen-bond acceptors (Lipinski definition) is 5. The van der Waals surface area contributed by atoms with Crippen molar-refractivity contribution in [3.63, 3.8) is 0 Å². The molecule has 26 heavy (non-hydrogen) atoms. The summed E-state index contributed by atoms with van der Waals surface area (Å²) in [6.45, 7) is 9.14. The third kappa shape index (κ3) is 4.34. The molecule has 0 unspecified atom stereocenters. The van der Waals surface area contributed by atoms with Gasteiger partial charge in [0.25, 0.3) is 0 Å². The van der Waals surface area contributed by atoms with Gasteiger partial charge in [-0.15, -0.1) is 0 Å². The minimum atomic E-state index is 0.163. The van der Waals surface area contributed by atoms with Crippen LogP contribution in [0.15, 0.2) is 34.9 Å². The van der Waals surface area contributed by atoms with Crippen molar-refractivity contribution in [1.29, 1.82) is 0 Å². The normalized spacial score (nSPS) is 22.6. The Labute approximate surface area is 156 Å². The van der Waals surface area contributed by atoms with Crippen LogP contribution in [-0.2, 0) is 17.8 Å². The predicted molar refractivity (Wildman–Crippen MR) is 101 cm³/mol. The molecule has 0 radical (unpaired) electrons. The van der Waals surface area contributed by atoms with Crippen LogP contribution in [0.1, 0.15) is 48.1 Å². The van der Waals surface area contributed by atoms with Gasteiger partial charge >= 0.3 is 0 Å². The molecular weight excluding hydrogens is 326 g/mol. The van der Waals surface area contributed by atoms with Crippen molar-refractivity contribution in [3.8, 4) is 0 Å². The number of furan rings is 1. The summed E-state index contributed by atoms with van der Waals surface area (Å²) in [7, 11) is 0. The second kappa shape index (κ2) is 8.33. The lowest BCUT2D eigenvalue weighted by atomic mass is 10.1. The van der Waals surface area contributed by atoms with Crippen LogP contribution in [0.3, 0.4) is 0 Å². The molecule has 2 fully saturated rings. The van der Waals surface area contributed by atoms with Crippen molar-refractivity contribution in [2.24, 2.45) is 0 Å². The first-order valence-corrected chi connectivity index (χ1v) is 9.83. The van der Waals surface area contributed by atoms with Crippen LogP contribution in [0, 0.1) is 6.92 Å². The largest absolute Gasteiger partial charge is 0.462 e. The van der Waals surface area contributed by atoms with Crippen LogP contribution in [0.25, 0.3) is 0 Å². The molecule has 0 aromatic carbocycles. The minimum Gasteiger partial charge on any atom is -0.462 e. The summed E-state index contributed by atoms with van der Waals surface area (Å²) in [5.74, 6) is 2.06. The van der Waals surface area contributed by atoms with Gasteiger partial charge in [-0.1, -0.05) is 6.07 Å². The van der Waals surface area contributed by atoms with Crippen LogP contribution in [0.2, 0.25) is 0 Å². The quantitative estimate of drug-likeness (QED) is 0.820. The van der Waals surface area contributed by atoms with Crippen LogP contribution in [0.4, 0.5) is 0 Å². The SMILES string of the molecule is Cc1cccnc1CN1CCN(Cc2ccc([C@@H]3CCCCO3)o2)CC1. The Hall–Kier alpha value is -1.69. The Bertz CT molecular complexity index is 701. The highest BCUT2D eigenvalue weighted by molar-refractivity contribution is 5.17. The van der Waals surface area contributed by atoms with Crippen molar-refractivity contribution < 1.29 is 9.15 Å². The lowest BCUT2D eigenvalue weighted by molar-refractivity contribution is 0.000628.